The van der Waals surface area contributed by atoms with Gasteiger partial charge in [0.1, 0.15) is 0 Å². The summed E-state index contributed by atoms with van der Waals surface area (Å²) >= 11 is 0. The van der Waals surface area contributed by atoms with Gasteiger partial charge < -0.3 is 9.84 Å². The van der Waals surface area contributed by atoms with Gasteiger partial charge >= 0.3 is 0 Å². The van der Waals surface area contributed by atoms with E-state index in [1.54, 1.807) is 6.07 Å². The maximum Gasteiger partial charge on any atom is 0.215 e. The lowest BCUT2D eigenvalue weighted by Crippen LogP contribution is -2.46. The minimum atomic E-state index is -3.44. The van der Waals surface area contributed by atoms with Gasteiger partial charge in [0.2, 0.25) is 10.0 Å². The third-order valence-electron chi connectivity index (χ3n) is 3.48. The van der Waals surface area contributed by atoms with Gasteiger partial charge in [-0.1, -0.05) is 29.8 Å². The van der Waals surface area contributed by atoms with Crippen LogP contribution >= 0.6 is 0 Å². The number of benzene rings is 1. The van der Waals surface area contributed by atoms with Crippen molar-refractivity contribution in [3.63, 3.8) is 0 Å². The summed E-state index contributed by atoms with van der Waals surface area (Å²) < 4.78 is 31.8. The van der Waals surface area contributed by atoms with Gasteiger partial charge in [0, 0.05) is 32.6 Å². The van der Waals surface area contributed by atoms with E-state index in [1.165, 1.54) is 0 Å². The number of aryl methyl sites for hydroxylation is 1. The molecule has 0 spiro atoms. The highest BCUT2D eigenvalue weighted by atomic mass is 32.2. The molecule has 0 unspecified atom stereocenters. The highest BCUT2D eigenvalue weighted by Gasteiger charge is 2.31. The van der Waals surface area contributed by atoms with E-state index >= 15 is 0 Å². The zero-order valence-corrected chi connectivity index (χ0v) is 12.4. The van der Waals surface area contributed by atoms with E-state index in [9.17, 15) is 13.5 Å². The summed E-state index contributed by atoms with van der Waals surface area (Å²) in [5.41, 5.74) is 0.787. The van der Waals surface area contributed by atoms with Crippen LogP contribution in [-0.4, -0.2) is 38.9 Å². The molecule has 1 aromatic carbocycles. The zero-order chi connectivity index (χ0) is 14.6. The number of rotatable bonds is 5. The van der Waals surface area contributed by atoms with Crippen LogP contribution in [0.15, 0.2) is 24.3 Å². The van der Waals surface area contributed by atoms with Crippen LogP contribution in [0.2, 0.25) is 0 Å². The molecule has 1 heterocycles. The molecule has 0 bridgehead atoms. The summed E-state index contributed by atoms with van der Waals surface area (Å²) in [6, 6.07) is 7.40. The van der Waals surface area contributed by atoms with E-state index in [1.807, 2.05) is 25.1 Å². The van der Waals surface area contributed by atoms with Gasteiger partial charge in [0.05, 0.1) is 11.4 Å². The number of hydrogen-bond acceptors (Lipinski definition) is 4. The molecule has 0 amide bonds. The Hall–Kier alpha value is -0.950. The first-order chi connectivity index (χ1) is 9.39. The molecule has 20 heavy (non-hydrogen) atoms. The standard InChI is InChI=1S/C14H21NO4S/c1-12-3-2-4-13(9-12)10-20(17,18)15-11-14(16)5-7-19-8-6-14/h2-4,9,15-16H,5-8,10-11H2,1H3. The molecule has 112 valence electrons. The first-order valence-corrected chi connectivity index (χ1v) is 8.37. The molecule has 2 N–H and O–H groups in total. The van der Waals surface area contributed by atoms with Gasteiger partial charge in [-0.3, -0.25) is 0 Å². The van der Waals surface area contributed by atoms with Crippen LogP contribution in [0.25, 0.3) is 0 Å². The van der Waals surface area contributed by atoms with Crippen LogP contribution in [0.4, 0.5) is 0 Å². The first-order valence-electron chi connectivity index (χ1n) is 6.72. The number of ether oxygens (including phenoxy) is 1. The Morgan fingerprint density at radius 2 is 2.05 bits per heavy atom. The van der Waals surface area contributed by atoms with E-state index in [0.717, 1.165) is 11.1 Å². The molecule has 1 aliphatic rings. The lowest BCUT2D eigenvalue weighted by molar-refractivity contribution is -0.0588. The SMILES string of the molecule is Cc1cccc(CS(=O)(=O)NCC2(O)CCOCC2)c1. The molecule has 5 nitrogen and oxygen atoms in total. The van der Waals surface area contributed by atoms with Gasteiger partial charge in [0.25, 0.3) is 0 Å². The summed E-state index contributed by atoms with van der Waals surface area (Å²) in [7, 11) is -3.44. The minimum absolute atomic E-state index is 0.0461. The van der Waals surface area contributed by atoms with Gasteiger partial charge in [0.15, 0.2) is 0 Å². The monoisotopic (exact) mass is 299 g/mol. The lowest BCUT2D eigenvalue weighted by Gasteiger charge is -2.31. The molecule has 1 fully saturated rings. The lowest BCUT2D eigenvalue weighted by atomic mass is 9.95. The largest absolute Gasteiger partial charge is 0.388 e. The molecular weight excluding hydrogens is 278 g/mol. The molecule has 0 aliphatic carbocycles. The van der Waals surface area contributed by atoms with Crippen LogP contribution in [0.3, 0.4) is 0 Å². The fourth-order valence-corrected chi connectivity index (χ4v) is 3.45. The third-order valence-corrected chi connectivity index (χ3v) is 4.78. The van der Waals surface area contributed by atoms with Crippen molar-refractivity contribution in [1.29, 1.82) is 0 Å². The van der Waals surface area contributed by atoms with Gasteiger partial charge in [-0.15, -0.1) is 0 Å². The van der Waals surface area contributed by atoms with E-state index in [-0.39, 0.29) is 12.3 Å². The van der Waals surface area contributed by atoms with E-state index in [4.69, 9.17) is 4.74 Å². The van der Waals surface area contributed by atoms with Crippen LogP contribution in [0, 0.1) is 6.92 Å². The zero-order valence-electron chi connectivity index (χ0n) is 11.6. The second kappa shape index (κ2) is 6.22. The van der Waals surface area contributed by atoms with Gasteiger partial charge in [-0.05, 0) is 12.5 Å². The van der Waals surface area contributed by atoms with Crippen LogP contribution < -0.4 is 4.72 Å². The van der Waals surface area contributed by atoms with E-state index in [0.29, 0.717) is 26.1 Å². The minimum Gasteiger partial charge on any atom is -0.388 e. The molecule has 2 rings (SSSR count). The summed E-state index contributed by atoms with van der Waals surface area (Å²) in [5, 5.41) is 10.2. The Balaban J connectivity index is 1.94. The summed E-state index contributed by atoms with van der Waals surface area (Å²) in [6.45, 7) is 2.91. The van der Waals surface area contributed by atoms with Crippen molar-refractivity contribution in [3.8, 4) is 0 Å². The fourth-order valence-electron chi connectivity index (χ4n) is 2.24. The summed E-state index contributed by atoms with van der Waals surface area (Å²) in [5.74, 6) is -0.0682. The van der Waals surface area contributed by atoms with E-state index in [2.05, 4.69) is 4.72 Å². The Bertz CT molecular complexity index is 550. The average Bonchev–Trinajstić information content (AvgIpc) is 2.37. The van der Waals surface area contributed by atoms with Crippen molar-refractivity contribution >= 4 is 10.0 Å². The Kier molecular flexibility index (Phi) is 4.80. The van der Waals surface area contributed by atoms with Crippen molar-refractivity contribution in [1.82, 2.24) is 4.72 Å². The molecule has 6 heteroatoms. The Labute approximate surface area is 120 Å². The normalized spacial score (nSPS) is 18.9. The average molecular weight is 299 g/mol. The summed E-state index contributed by atoms with van der Waals surface area (Å²) in [4.78, 5) is 0. The smallest absolute Gasteiger partial charge is 0.215 e. The highest BCUT2D eigenvalue weighted by Crippen LogP contribution is 2.19. The maximum atomic E-state index is 12.0. The summed E-state index contributed by atoms with van der Waals surface area (Å²) in [6.07, 6.45) is 0.917. The van der Waals surface area contributed by atoms with Crippen molar-refractivity contribution in [2.24, 2.45) is 0 Å². The Morgan fingerprint density at radius 1 is 1.35 bits per heavy atom. The maximum absolute atomic E-state index is 12.0. The molecule has 0 radical (unpaired) electrons. The predicted molar refractivity (Wildman–Crippen MR) is 76.8 cm³/mol. The van der Waals surface area contributed by atoms with Crippen molar-refractivity contribution in [2.45, 2.75) is 31.1 Å². The topological polar surface area (TPSA) is 75.6 Å². The predicted octanol–water partition coefficient (Wildman–Crippen LogP) is 0.956. The van der Waals surface area contributed by atoms with Crippen LogP contribution in [0.1, 0.15) is 24.0 Å². The molecule has 0 saturated carbocycles. The van der Waals surface area contributed by atoms with Gasteiger partial charge in [-0.2, -0.15) is 0 Å². The third kappa shape index (κ3) is 4.56. The highest BCUT2D eigenvalue weighted by molar-refractivity contribution is 7.88. The second-order valence-electron chi connectivity index (χ2n) is 5.41. The van der Waals surface area contributed by atoms with E-state index < -0.39 is 15.6 Å². The van der Waals surface area contributed by atoms with Crippen molar-refractivity contribution in [3.05, 3.63) is 35.4 Å². The van der Waals surface area contributed by atoms with Crippen LogP contribution in [-0.2, 0) is 20.5 Å². The first kappa shape index (κ1) is 15.4. The Morgan fingerprint density at radius 3 is 2.70 bits per heavy atom. The quantitative estimate of drug-likeness (QED) is 0.849. The molecule has 1 aliphatic heterocycles. The number of sulfonamides is 1. The van der Waals surface area contributed by atoms with Gasteiger partial charge in [-0.25, -0.2) is 13.1 Å². The molecular formula is C14H21NO4S. The molecule has 0 aromatic heterocycles. The van der Waals surface area contributed by atoms with Crippen LogP contribution in [0.5, 0.6) is 0 Å². The number of nitrogens with one attached hydrogen (secondary N) is 1. The molecule has 0 atom stereocenters. The molecule has 1 saturated heterocycles. The molecule has 1 aromatic rings. The van der Waals surface area contributed by atoms with Crippen molar-refractivity contribution < 1.29 is 18.3 Å². The second-order valence-corrected chi connectivity index (χ2v) is 7.21. The fraction of sp³-hybridized carbons (Fsp3) is 0.571. The number of hydrogen-bond donors (Lipinski definition) is 2. The number of aliphatic hydroxyl groups is 1. The van der Waals surface area contributed by atoms with Crippen molar-refractivity contribution in [2.75, 3.05) is 19.8 Å².